The molecule has 4 rings (SSSR count). The second-order valence-electron chi connectivity index (χ2n) is 7.59. The van der Waals surface area contributed by atoms with Gasteiger partial charge in [-0.3, -0.25) is 0 Å². The molecule has 0 atom stereocenters. The van der Waals surface area contributed by atoms with Crippen LogP contribution in [0.15, 0.2) is 48.5 Å². The predicted octanol–water partition coefficient (Wildman–Crippen LogP) is 3.41. The lowest BCUT2D eigenvalue weighted by Crippen LogP contribution is -2.09. The standard InChI is InChI=1S/C23H28N8/c1-2-3-10-21-25-22(11-7-14-24)31(28-21)16-17-12-13-19(18-8-5-4-6-9-18)20(15-17)23-26-29-30-27-23/h4-6,8-9,12-13,15H,2-3,7,10-11,14,16,24H2,1H3,(H,26,27,29,30). The van der Waals surface area contributed by atoms with Crippen LogP contribution >= 0.6 is 0 Å². The van der Waals surface area contributed by atoms with Crippen molar-refractivity contribution in [2.45, 2.75) is 45.6 Å². The molecule has 0 aliphatic rings. The van der Waals surface area contributed by atoms with E-state index in [0.717, 1.165) is 66.0 Å². The lowest BCUT2D eigenvalue weighted by Gasteiger charge is -2.11. The highest BCUT2D eigenvalue weighted by atomic mass is 15.5. The molecule has 0 saturated heterocycles. The van der Waals surface area contributed by atoms with Gasteiger partial charge >= 0.3 is 0 Å². The molecule has 0 amide bonds. The van der Waals surface area contributed by atoms with E-state index in [1.165, 1.54) is 0 Å². The van der Waals surface area contributed by atoms with Gasteiger partial charge in [0.1, 0.15) is 5.82 Å². The highest BCUT2D eigenvalue weighted by Gasteiger charge is 2.14. The molecular formula is C23H28N8. The van der Waals surface area contributed by atoms with Crippen molar-refractivity contribution >= 4 is 0 Å². The van der Waals surface area contributed by atoms with E-state index in [4.69, 9.17) is 15.8 Å². The molecule has 2 heterocycles. The molecular weight excluding hydrogens is 388 g/mol. The van der Waals surface area contributed by atoms with Gasteiger partial charge in [0, 0.05) is 18.4 Å². The molecule has 2 aromatic carbocycles. The molecule has 4 aromatic rings. The van der Waals surface area contributed by atoms with E-state index >= 15 is 0 Å². The minimum absolute atomic E-state index is 0.642. The van der Waals surface area contributed by atoms with Gasteiger partial charge in [0.15, 0.2) is 11.6 Å². The number of nitrogens with zero attached hydrogens (tertiary/aromatic N) is 6. The molecule has 0 radical (unpaired) electrons. The number of H-pyrrole nitrogens is 1. The predicted molar refractivity (Wildman–Crippen MR) is 120 cm³/mol. The highest BCUT2D eigenvalue weighted by molar-refractivity contribution is 5.80. The number of benzene rings is 2. The zero-order valence-corrected chi connectivity index (χ0v) is 17.8. The van der Waals surface area contributed by atoms with E-state index in [-0.39, 0.29) is 0 Å². The Bertz CT molecular complexity index is 1090. The first kappa shape index (κ1) is 20.9. The van der Waals surface area contributed by atoms with Crippen LogP contribution in [0.5, 0.6) is 0 Å². The Morgan fingerprint density at radius 3 is 2.61 bits per heavy atom. The fourth-order valence-corrected chi connectivity index (χ4v) is 3.64. The summed E-state index contributed by atoms with van der Waals surface area (Å²) in [6.45, 7) is 3.47. The molecule has 0 fully saturated rings. The lowest BCUT2D eigenvalue weighted by molar-refractivity contribution is 0.616. The third kappa shape index (κ3) is 5.03. The Hall–Kier alpha value is -3.39. The first-order valence-corrected chi connectivity index (χ1v) is 10.8. The van der Waals surface area contributed by atoms with Crippen molar-refractivity contribution in [2.75, 3.05) is 6.54 Å². The molecule has 8 nitrogen and oxygen atoms in total. The maximum Gasteiger partial charge on any atom is 0.180 e. The van der Waals surface area contributed by atoms with Crippen LogP contribution in [0.4, 0.5) is 0 Å². The number of tetrazole rings is 1. The van der Waals surface area contributed by atoms with Crippen molar-refractivity contribution in [3.8, 4) is 22.5 Å². The molecule has 2 aromatic heterocycles. The van der Waals surface area contributed by atoms with Gasteiger partial charge < -0.3 is 5.73 Å². The summed E-state index contributed by atoms with van der Waals surface area (Å²) in [5.74, 6) is 2.55. The second-order valence-corrected chi connectivity index (χ2v) is 7.59. The summed E-state index contributed by atoms with van der Waals surface area (Å²) < 4.78 is 2.01. The minimum Gasteiger partial charge on any atom is -0.330 e. The van der Waals surface area contributed by atoms with Crippen molar-refractivity contribution in [3.63, 3.8) is 0 Å². The monoisotopic (exact) mass is 416 g/mol. The highest BCUT2D eigenvalue weighted by Crippen LogP contribution is 2.31. The zero-order chi connectivity index (χ0) is 21.5. The normalized spacial score (nSPS) is 11.2. The second kappa shape index (κ2) is 10.1. The molecule has 3 N–H and O–H groups in total. The summed E-state index contributed by atoms with van der Waals surface area (Å²) in [5.41, 5.74) is 10.0. The molecule has 0 aliphatic carbocycles. The van der Waals surface area contributed by atoms with Gasteiger partial charge in [0.25, 0.3) is 0 Å². The van der Waals surface area contributed by atoms with Crippen LogP contribution in [0.3, 0.4) is 0 Å². The van der Waals surface area contributed by atoms with Gasteiger partial charge in [-0.1, -0.05) is 55.8 Å². The minimum atomic E-state index is 0.642. The van der Waals surface area contributed by atoms with E-state index in [0.29, 0.717) is 18.9 Å². The van der Waals surface area contributed by atoms with Crippen molar-refractivity contribution in [3.05, 3.63) is 65.7 Å². The molecule has 0 aliphatic heterocycles. The maximum atomic E-state index is 5.73. The maximum absolute atomic E-state index is 5.73. The van der Waals surface area contributed by atoms with Crippen LogP contribution in [-0.4, -0.2) is 41.9 Å². The number of aryl methyl sites for hydroxylation is 2. The third-order valence-electron chi connectivity index (χ3n) is 5.25. The Morgan fingerprint density at radius 2 is 1.87 bits per heavy atom. The van der Waals surface area contributed by atoms with Gasteiger partial charge in [0.2, 0.25) is 0 Å². The van der Waals surface area contributed by atoms with Gasteiger partial charge in [-0.25, -0.2) is 14.8 Å². The van der Waals surface area contributed by atoms with E-state index in [1.54, 1.807) is 0 Å². The number of aromatic nitrogens is 7. The van der Waals surface area contributed by atoms with Gasteiger partial charge in [-0.2, -0.15) is 5.10 Å². The number of nitrogens with two attached hydrogens (primary N) is 1. The summed E-state index contributed by atoms with van der Waals surface area (Å²) in [4.78, 5) is 4.78. The first-order chi connectivity index (χ1) is 15.3. The Labute approximate surface area is 181 Å². The number of rotatable bonds is 10. The first-order valence-electron chi connectivity index (χ1n) is 10.8. The summed E-state index contributed by atoms with van der Waals surface area (Å²) in [5, 5.41) is 19.4. The molecule has 8 heteroatoms. The number of nitrogens with one attached hydrogen (secondary N) is 1. The Balaban J connectivity index is 1.68. The molecule has 0 spiro atoms. The number of aromatic amines is 1. The van der Waals surface area contributed by atoms with Crippen LogP contribution in [0.1, 0.15) is 43.4 Å². The summed E-state index contributed by atoms with van der Waals surface area (Å²) in [7, 11) is 0. The topological polar surface area (TPSA) is 111 Å². The summed E-state index contributed by atoms with van der Waals surface area (Å²) >= 11 is 0. The Morgan fingerprint density at radius 1 is 1.00 bits per heavy atom. The Kier molecular flexibility index (Phi) is 6.78. The van der Waals surface area contributed by atoms with Crippen LogP contribution in [0.2, 0.25) is 0 Å². The SMILES string of the molecule is CCCCc1nc(CCCN)n(Cc2ccc(-c3ccccc3)c(-c3nnn[nH]3)c2)n1. The van der Waals surface area contributed by atoms with Crippen molar-refractivity contribution in [1.29, 1.82) is 0 Å². The molecule has 160 valence electrons. The van der Waals surface area contributed by atoms with Crippen LogP contribution in [0.25, 0.3) is 22.5 Å². The van der Waals surface area contributed by atoms with Crippen molar-refractivity contribution < 1.29 is 0 Å². The smallest absolute Gasteiger partial charge is 0.180 e. The summed E-state index contributed by atoms with van der Waals surface area (Å²) in [6, 6.07) is 16.6. The number of hydrogen-bond donors (Lipinski definition) is 2. The van der Waals surface area contributed by atoms with E-state index in [2.05, 4.69) is 57.9 Å². The van der Waals surface area contributed by atoms with E-state index in [9.17, 15) is 0 Å². The number of hydrogen-bond acceptors (Lipinski definition) is 6. The van der Waals surface area contributed by atoms with Gasteiger partial charge in [-0.05, 0) is 52.6 Å². The molecule has 0 saturated carbocycles. The van der Waals surface area contributed by atoms with Crippen LogP contribution < -0.4 is 5.73 Å². The van der Waals surface area contributed by atoms with E-state index < -0.39 is 0 Å². The van der Waals surface area contributed by atoms with Crippen LogP contribution in [-0.2, 0) is 19.4 Å². The van der Waals surface area contributed by atoms with Gasteiger partial charge in [0.05, 0.1) is 6.54 Å². The van der Waals surface area contributed by atoms with Crippen molar-refractivity contribution in [1.82, 2.24) is 35.4 Å². The quantitative estimate of drug-likeness (QED) is 0.410. The average molecular weight is 417 g/mol. The van der Waals surface area contributed by atoms with Crippen LogP contribution in [0, 0.1) is 0 Å². The van der Waals surface area contributed by atoms with Gasteiger partial charge in [-0.15, -0.1) is 5.10 Å². The number of unbranched alkanes of at least 4 members (excludes halogenated alkanes) is 1. The summed E-state index contributed by atoms with van der Waals surface area (Å²) in [6.07, 6.45) is 4.85. The fourth-order valence-electron chi connectivity index (χ4n) is 3.64. The molecule has 0 bridgehead atoms. The zero-order valence-electron chi connectivity index (χ0n) is 17.8. The molecule has 31 heavy (non-hydrogen) atoms. The van der Waals surface area contributed by atoms with E-state index in [1.807, 2.05) is 22.9 Å². The lowest BCUT2D eigenvalue weighted by atomic mass is 9.97. The fraction of sp³-hybridized carbons (Fsp3) is 0.348. The van der Waals surface area contributed by atoms with Crippen molar-refractivity contribution in [2.24, 2.45) is 5.73 Å². The third-order valence-corrected chi connectivity index (χ3v) is 5.25. The largest absolute Gasteiger partial charge is 0.330 e. The molecule has 0 unspecified atom stereocenters. The average Bonchev–Trinajstić information content (AvgIpc) is 3.47.